The Balaban J connectivity index is 2.54. The van der Waals surface area contributed by atoms with E-state index < -0.39 is 0 Å². The van der Waals surface area contributed by atoms with Gasteiger partial charge in [-0.25, -0.2) is 4.68 Å². The van der Waals surface area contributed by atoms with Crippen molar-refractivity contribution in [1.29, 1.82) is 0 Å². The van der Waals surface area contributed by atoms with Crippen molar-refractivity contribution in [3.63, 3.8) is 0 Å². The number of fused-ring (bicyclic) bond motifs is 1. The van der Waals surface area contributed by atoms with E-state index in [0.29, 0.717) is 23.9 Å². The lowest BCUT2D eigenvalue weighted by Crippen LogP contribution is -2.22. The molecule has 1 heterocycles. The van der Waals surface area contributed by atoms with Crippen molar-refractivity contribution in [3.8, 4) is 0 Å². The number of aryl methyl sites for hydroxylation is 1. The highest BCUT2D eigenvalue weighted by Gasteiger charge is 2.11. The Morgan fingerprint density at radius 1 is 1.28 bits per heavy atom. The number of aromatic nitrogens is 2. The standard InChI is InChI=1S/C14H16N2O2/c1-3-6-10(17)9-13-11-7-4-5-8-12(11)14(18)16(2)15-13/h4-5,7-8H,3,6,9H2,1-2H3. The summed E-state index contributed by atoms with van der Waals surface area (Å²) in [5.74, 6) is 0.161. The van der Waals surface area contributed by atoms with Crippen LogP contribution in [-0.4, -0.2) is 15.6 Å². The van der Waals surface area contributed by atoms with Gasteiger partial charge in [-0.1, -0.05) is 25.1 Å². The molecule has 18 heavy (non-hydrogen) atoms. The van der Waals surface area contributed by atoms with E-state index in [0.717, 1.165) is 11.8 Å². The second-order valence-electron chi connectivity index (χ2n) is 4.39. The Bertz CT molecular complexity index is 644. The van der Waals surface area contributed by atoms with Crippen LogP contribution in [0.4, 0.5) is 0 Å². The Morgan fingerprint density at radius 2 is 1.94 bits per heavy atom. The molecule has 0 radical (unpaired) electrons. The van der Waals surface area contributed by atoms with Gasteiger partial charge in [0.05, 0.1) is 17.5 Å². The minimum Gasteiger partial charge on any atom is -0.299 e. The molecule has 0 fully saturated rings. The number of Topliss-reactive ketones (excluding diaryl/α,β-unsaturated/α-hetero) is 1. The van der Waals surface area contributed by atoms with Crippen LogP contribution in [0.5, 0.6) is 0 Å². The van der Waals surface area contributed by atoms with Gasteiger partial charge in [0.25, 0.3) is 5.56 Å². The van der Waals surface area contributed by atoms with Crippen molar-refractivity contribution < 1.29 is 4.79 Å². The minimum atomic E-state index is -0.128. The van der Waals surface area contributed by atoms with Gasteiger partial charge in [0, 0.05) is 18.9 Å². The van der Waals surface area contributed by atoms with Crippen molar-refractivity contribution in [3.05, 3.63) is 40.3 Å². The first-order valence-corrected chi connectivity index (χ1v) is 6.10. The maximum absolute atomic E-state index is 11.9. The van der Waals surface area contributed by atoms with Crippen LogP contribution in [0.15, 0.2) is 29.1 Å². The molecule has 1 aromatic heterocycles. The zero-order valence-corrected chi connectivity index (χ0v) is 10.6. The van der Waals surface area contributed by atoms with Gasteiger partial charge in [0.1, 0.15) is 5.78 Å². The molecule has 94 valence electrons. The lowest BCUT2D eigenvalue weighted by Gasteiger charge is -2.07. The monoisotopic (exact) mass is 244 g/mol. The summed E-state index contributed by atoms with van der Waals surface area (Å²) in [5.41, 5.74) is 0.559. The maximum atomic E-state index is 11.9. The number of hydrogen-bond donors (Lipinski definition) is 0. The van der Waals surface area contributed by atoms with Gasteiger partial charge >= 0.3 is 0 Å². The molecule has 0 atom stereocenters. The van der Waals surface area contributed by atoms with E-state index in [4.69, 9.17) is 0 Å². The topological polar surface area (TPSA) is 52.0 Å². The highest BCUT2D eigenvalue weighted by Crippen LogP contribution is 2.14. The van der Waals surface area contributed by atoms with Crippen molar-refractivity contribution in [2.75, 3.05) is 0 Å². The van der Waals surface area contributed by atoms with E-state index in [1.54, 1.807) is 13.1 Å². The van der Waals surface area contributed by atoms with Gasteiger partial charge in [-0.3, -0.25) is 9.59 Å². The third-order valence-corrected chi connectivity index (χ3v) is 2.93. The van der Waals surface area contributed by atoms with E-state index in [2.05, 4.69) is 5.10 Å². The summed E-state index contributed by atoms with van der Waals surface area (Å²) in [5, 5.41) is 5.61. The van der Waals surface area contributed by atoms with E-state index >= 15 is 0 Å². The van der Waals surface area contributed by atoms with Gasteiger partial charge in [-0.2, -0.15) is 5.10 Å². The molecule has 4 heteroatoms. The fraction of sp³-hybridized carbons (Fsp3) is 0.357. The van der Waals surface area contributed by atoms with Crippen LogP contribution in [0.3, 0.4) is 0 Å². The molecule has 0 amide bonds. The fourth-order valence-electron chi connectivity index (χ4n) is 2.06. The number of carbonyl (C=O) groups excluding carboxylic acids is 1. The number of nitrogens with zero attached hydrogens (tertiary/aromatic N) is 2. The number of benzene rings is 1. The fourth-order valence-corrected chi connectivity index (χ4v) is 2.06. The predicted molar refractivity (Wildman–Crippen MR) is 70.6 cm³/mol. The first kappa shape index (κ1) is 12.5. The molecule has 1 aromatic carbocycles. The second kappa shape index (κ2) is 5.12. The Morgan fingerprint density at radius 3 is 2.61 bits per heavy atom. The first-order valence-electron chi connectivity index (χ1n) is 6.10. The van der Waals surface area contributed by atoms with Crippen LogP contribution in [-0.2, 0) is 18.3 Å². The lowest BCUT2D eigenvalue weighted by atomic mass is 10.1. The highest BCUT2D eigenvalue weighted by molar-refractivity contribution is 5.89. The summed E-state index contributed by atoms with van der Waals surface area (Å²) in [6.45, 7) is 1.98. The Labute approximate surface area is 105 Å². The van der Waals surface area contributed by atoms with E-state index in [-0.39, 0.29) is 11.3 Å². The quantitative estimate of drug-likeness (QED) is 0.824. The number of ketones is 1. The summed E-state index contributed by atoms with van der Waals surface area (Å²) in [7, 11) is 1.61. The molecular weight excluding hydrogens is 228 g/mol. The average Bonchev–Trinajstić information content (AvgIpc) is 2.36. The highest BCUT2D eigenvalue weighted by atomic mass is 16.1. The van der Waals surface area contributed by atoms with Gasteiger partial charge in [-0.05, 0) is 12.5 Å². The molecule has 0 aliphatic heterocycles. The summed E-state index contributed by atoms with van der Waals surface area (Å²) < 4.78 is 1.30. The summed E-state index contributed by atoms with van der Waals surface area (Å²) in [4.78, 5) is 23.6. The van der Waals surface area contributed by atoms with Crippen LogP contribution in [0, 0.1) is 0 Å². The molecule has 0 spiro atoms. The van der Waals surface area contributed by atoms with Crippen LogP contribution >= 0.6 is 0 Å². The van der Waals surface area contributed by atoms with Gasteiger partial charge in [0.15, 0.2) is 0 Å². The van der Waals surface area contributed by atoms with Crippen LogP contribution < -0.4 is 5.56 Å². The zero-order chi connectivity index (χ0) is 13.1. The van der Waals surface area contributed by atoms with E-state index in [1.165, 1.54) is 4.68 Å². The smallest absolute Gasteiger partial charge is 0.274 e. The molecule has 0 unspecified atom stereocenters. The first-order chi connectivity index (χ1) is 8.63. The minimum absolute atomic E-state index is 0.128. The molecule has 0 aliphatic rings. The van der Waals surface area contributed by atoms with Crippen molar-refractivity contribution in [2.45, 2.75) is 26.2 Å². The zero-order valence-electron chi connectivity index (χ0n) is 10.6. The molecule has 4 nitrogen and oxygen atoms in total. The SMILES string of the molecule is CCCC(=O)Cc1nn(C)c(=O)c2ccccc12. The summed E-state index contributed by atoms with van der Waals surface area (Å²) in [6, 6.07) is 7.30. The normalized spacial score (nSPS) is 10.8. The molecule has 0 saturated carbocycles. The van der Waals surface area contributed by atoms with Gasteiger partial charge in [0.2, 0.25) is 0 Å². The van der Waals surface area contributed by atoms with Crippen LogP contribution in [0.2, 0.25) is 0 Å². The van der Waals surface area contributed by atoms with Gasteiger partial charge in [-0.15, -0.1) is 0 Å². The summed E-state index contributed by atoms with van der Waals surface area (Å²) >= 11 is 0. The molecule has 0 bridgehead atoms. The molecule has 2 aromatic rings. The Hall–Kier alpha value is -1.97. The molecule has 0 N–H and O–H groups in total. The predicted octanol–water partition coefficient (Wildman–Crippen LogP) is 1.85. The number of carbonyl (C=O) groups is 1. The van der Waals surface area contributed by atoms with Crippen molar-refractivity contribution in [1.82, 2.24) is 9.78 Å². The third-order valence-electron chi connectivity index (χ3n) is 2.93. The van der Waals surface area contributed by atoms with Gasteiger partial charge < -0.3 is 0 Å². The number of hydrogen-bond acceptors (Lipinski definition) is 3. The van der Waals surface area contributed by atoms with Crippen LogP contribution in [0.1, 0.15) is 25.5 Å². The van der Waals surface area contributed by atoms with E-state index in [1.807, 2.05) is 25.1 Å². The molecule has 0 aliphatic carbocycles. The average molecular weight is 244 g/mol. The number of rotatable bonds is 4. The molecule has 2 rings (SSSR count). The maximum Gasteiger partial charge on any atom is 0.274 e. The lowest BCUT2D eigenvalue weighted by molar-refractivity contribution is -0.118. The largest absolute Gasteiger partial charge is 0.299 e. The molecular formula is C14H16N2O2. The van der Waals surface area contributed by atoms with Crippen LogP contribution in [0.25, 0.3) is 10.8 Å². The van der Waals surface area contributed by atoms with Crippen molar-refractivity contribution in [2.24, 2.45) is 7.05 Å². The Kier molecular flexibility index (Phi) is 3.55. The third kappa shape index (κ3) is 2.32. The second-order valence-corrected chi connectivity index (χ2v) is 4.39. The van der Waals surface area contributed by atoms with E-state index in [9.17, 15) is 9.59 Å². The summed E-state index contributed by atoms with van der Waals surface area (Å²) in [6.07, 6.45) is 1.68. The van der Waals surface area contributed by atoms with Crippen molar-refractivity contribution >= 4 is 16.6 Å². The molecule has 0 saturated heterocycles.